The average Bonchev–Trinajstić information content (AvgIpc) is 2.68. The van der Waals surface area contributed by atoms with Gasteiger partial charge in [0.2, 0.25) is 0 Å². The van der Waals surface area contributed by atoms with Gasteiger partial charge in [-0.25, -0.2) is 8.78 Å². The van der Waals surface area contributed by atoms with Crippen LogP contribution in [0.2, 0.25) is 0 Å². The van der Waals surface area contributed by atoms with Gasteiger partial charge >= 0.3 is 12.3 Å². The first-order chi connectivity index (χ1) is 14.1. The summed E-state index contributed by atoms with van der Waals surface area (Å²) in [6.07, 6.45) is -3.93. The summed E-state index contributed by atoms with van der Waals surface area (Å²) in [5.41, 5.74) is 0.136. The van der Waals surface area contributed by atoms with Gasteiger partial charge in [0, 0.05) is 17.8 Å². The highest BCUT2D eigenvalue weighted by Gasteiger charge is 2.41. The summed E-state index contributed by atoms with van der Waals surface area (Å²) < 4.78 is 60.6. The van der Waals surface area contributed by atoms with E-state index in [0.29, 0.717) is 18.0 Å². The van der Waals surface area contributed by atoms with E-state index in [4.69, 9.17) is 17.0 Å². The molecule has 0 spiro atoms. The standard InChI is InChI=1S/C18H17F4N3O4S/c1-2-28-14-5-3-11(4-6-14)23-17(30)24-12-7-13(25(26)27)9-15(8-12)29-10-18(21,22)16(19)20/h3-9,16H,2,10H2,1H3,(H2,23,24,30). The molecule has 0 aromatic heterocycles. The summed E-state index contributed by atoms with van der Waals surface area (Å²) in [5, 5.41) is 16.6. The first kappa shape index (κ1) is 23.1. The second kappa shape index (κ2) is 10.1. The van der Waals surface area contributed by atoms with Gasteiger partial charge in [-0.3, -0.25) is 10.1 Å². The number of nitrogens with zero attached hydrogens (tertiary/aromatic N) is 1. The van der Waals surface area contributed by atoms with Crippen molar-refractivity contribution in [2.75, 3.05) is 23.8 Å². The summed E-state index contributed by atoms with van der Waals surface area (Å²) in [7, 11) is 0. The molecule has 0 saturated heterocycles. The van der Waals surface area contributed by atoms with Gasteiger partial charge in [0.25, 0.3) is 5.69 Å². The third-order valence-electron chi connectivity index (χ3n) is 3.53. The third kappa shape index (κ3) is 6.72. The van der Waals surface area contributed by atoms with Crippen molar-refractivity contribution in [3.8, 4) is 11.5 Å². The lowest BCUT2D eigenvalue weighted by molar-refractivity contribution is -0.384. The lowest BCUT2D eigenvalue weighted by atomic mass is 10.2. The van der Waals surface area contributed by atoms with E-state index in [1.807, 2.05) is 6.92 Å². The summed E-state index contributed by atoms with van der Waals surface area (Å²) in [6, 6.07) is 9.84. The predicted molar refractivity (Wildman–Crippen MR) is 107 cm³/mol. The van der Waals surface area contributed by atoms with E-state index >= 15 is 0 Å². The number of anilines is 2. The van der Waals surface area contributed by atoms with Crippen LogP contribution in [0.25, 0.3) is 0 Å². The van der Waals surface area contributed by atoms with E-state index in [-0.39, 0.29) is 10.8 Å². The minimum atomic E-state index is -4.40. The van der Waals surface area contributed by atoms with Crippen LogP contribution >= 0.6 is 12.2 Å². The highest BCUT2D eigenvalue weighted by molar-refractivity contribution is 7.80. The number of nitro groups is 1. The highest BCUT2D eigenvalue weighted by Crippen LogP contribution is 2.29. The van der Waals surface area contributed by atoms with Crippen molar-refractivity contribution in [3.05, 3.63) is 52.6 Å². The van der Waals surface area contributed by atoms with Crippen molar-refractivity contribution in [1.82, 2.24) is 0 Å². The van der Waals surface area contributed by atoms with E-state index in [1.165, 1.54) is 0 Å². The molecule has 2 rings (SSSR count). The Morgan fingerprint density at radius 1 is 1.10 bits per heavy atom. The SMILES string of the molecule is CCOc1ccc(NC(=S)Nc2cc(OCC(F)(F)C(F)F)cc([N+](=O)[O-])c2)cc1. The van der Waals surface area contributed by atoms with Crippen LogP contribution in [0, 0.1) is 10.1 Å². The zero-order valence-electron chi connectivity index (χ0n) is 15.5. The summed E-state index contributed by atoms with van der Waals surface area (Å²) in [4.78, 5) is 10.3. The number of ether oxygens (including phenoxy) is 2. The number of thiocarbonyl (C=S) groups is 1. The molecular weight excluding hydrogens is 430 g/mol. The van der Waals surface area contributed by atoms with Crippen LogP contribution in [-0.4, -0.2) is 35.6 Å². The van der Waals surface area contributed by atoms with Gasteiger partial charge in [0.15, 0.2) is 11.7 Å². The molecule has 0 aliphatic rings. The number of nitro benzene ring substituents is 1. The maximum Gasteiger partial charge on any atom is 0.340 e. The van der Waals surface area contributed by atoms with E-state index in [0.717, 1.165) is 18.2 Å². The maximum atomic E-state index is 13.1. The molecule has 0 aliphatic heterocycles. The van der Waals surface area contributed by atoms with E-state index in [9.17, 15) is 27.7 Å². The van der Waals surface area contributed by atoms with Crippen LogP contribution in [0.1, 0.15) is 6.92 Å². The van der Waals surface area contributed by atoms with Crippen LogP contribution < -0.4 is 20.1 Å². The summed E-state index contributed by atoms with van der Waals surface area (Å²) in [5.74, 6) is -4.14. The molecule has 0 saturated carbocycles. The van der Waals surface area contributed by atoms with E-state index in [1.54, 1.807) is 24.3 Å². The lowest BCUT2D eigenvalue weighted by Gasteiger charge is -2.17. The monoisotopic (exact) mass is 447 g/mol. The number of halogens is 4. The third-order valence-corrected chi connectivity index (χ3v) is 3.74. The van der Waals surface area contributed by atoms with Gasteiger partial charge in [-0.1, -0.05) is 0 Å². The van der Waals surface area contributed by atoms with Crippen molar-refractivity contribution in [1.29, 1.82) is 0 Å². The van der Waals surface area contributed by atoms with Crippen molar-refractivity contribution >= 4 is 34.4 Å². The number of rotatable bonds is 9. The summed E-state index contributed by atoms with van der Waals surface area (Å²) >= 11 is 5.13. The van der Waals surface area contributed by atoms with Gasteiger partial charge in [-0.05, 0) is 43.4 Å². The average molecular weight is 447 g/mol. The normalized spacial score (nSPS) is 11.1. The second-order valence-electron chi connectivity index (χ2n) is 5.86. The number of hydrogen-bond donors (Lipinski definition) is 2. The Kier molecular flexibility index (Phi) is 7.75. The fourth-order valence-corrected chi connectivity index (χ4v) is 2.42. The molecule has 0 aliphatic carbocycles. The quantitative estimate of drug-likeness (QED) is 0.240. The van der Waals surface area contributed by atoms with Gasteiger partial charge in [0.05, 0.1) is 23.3 Å². The van der Waals surface area contributed by atoms with E-state index in [2.05, 4.69) is 15.4 Å². The molecule has 0 heterocycles. The molecule has 0 radical (unpaired) electrons. The largest absolute Gasteiger partial charge is 0.494 e. The van der Waals surface area contributed by atoms with Gasteiger partial charge in [-0.15, -0.1) is 0 Å². The zero-order valence-corrected chi connectivity index (χ0v) is 16.3. The first-order valence-electron chi connectivity index (χ1n) is 8.50. The predicted octanol–water partition coefficient (Wildman–Crippen LogP) is 5.08. The first-order valence-corrected chi connectivity index (χ1v) is 8.90. The Hall–Kier alpha value is -3.15. The van der Waals surface area contributed by atoms with Crippen molar-refractivity contribution in [3.63, 3.8) is 0 Å². The number of non-ortho nitro benzene ring substituents is 1. The van der Waals surface area contributed by atoms with Crippen molar-refractivity contribution < 1.29 is 32.0 Å². The van der Waals surface area contributed by atoms with Crippen LogP contribution in [0.5, 0.6) is 11.5 Å². The lowest BCUT2D eigenvalue weighted by Crippen LogP contribution is -2.33. The van der Waals surface area contributed by atoms with E-state index < -0.39 is 35.3 Å². The molecule has 7 nitrogen and oxygen atoms in total. The highest BCUT2D eigenvalue weighted by atomic mass is 32.1. The van der Waals surface area contributed by atoms with Gasteiger partial charge in [-0.2, -0.15) is 8.78 Å². The fourth-order valence-electron chi connectivity index (χ4n) is 2.18. The zero-order chi connectivity index (χ0) is 22.3. The number of benzene rings is 2. The topological polar surface area (TPSA) is 85.7 Å². The van der Waals surface area contributed by atoms with Crippen LogP contribution in [0.15, 0.2) is 42.5 Å². The van der Waals surface area contributed by atoms with Crippen molar-refractivity contribution in [2.45, 2.75) is 19.3 Å². The van der Waals surface area contributed by atoms with Gasteiger partial charge in [0.1, 0.15) is 11.5 Å². The molecule has 2 aromatic rings. The second-order valence-corrected chi connectivity index (χ2v) is 6.27. The molecule has 12 heteroatoms. The molecule has 0 unspecified atom stereocenters. The summed E-state index contributed by atoms with van der Waals surface area (Å²) in [6.45, 7) is 0.712. The minimum Gasteiger partial charge on any atom is -0.494 e. The fraction of sp³-hybridized carbons (Fsp3) is 0.278. The Morgan fingerprint density at radius 3 is 2.30 bits per heavy atom. The van der Waals surface area contributed by atoms with Crippen molar-refractivity contribution in [2.24, 2.45) is 0 Å². The molecule has 2 N–H and O–H groups in total. The smallest absolute Gasteiger partial charge is 0.340 e. The molecule has 0 amide bonds. The molecule has 0 fully saturated rings. The Balaban J connectivity index is 2.10. The maximum absolute atomic E-state index is 13.1. The van der Waals surface area contributed by atoms with Crippen LogP contribution in [-0.2, 0) is 0 Å². The number of hydrogen-bond acceptors (Lipinski definition) is 5. The Bertz CT molecular complexity index is 898. The number of nitrogens with one attached hydrogen (secondary N) is 2. The van der Waals surface area contributed by atoms with Crippen LogP contribution in [0.3, 0.4) is 0 Å². The van der Waals surface area contributed by atoms with Crippen LogP contribution in [0.4, 0.5) is 34.6 Å². The van der Waals surface area contributed by atoms with Gasteiger partial charge < -0.3 is 20.1 Å². The molecule has 0 bridgehead atoms. The Labute approximate surface area is 174 Å². The molecular formula is C18H17F4N3O4S. The molecule has 0 atom stereocenters. The number of alkyl halides is 4. The Morgan fingerprint density at radius 2 is 1.73 bits per heavy atom. The molecule has 30 heavy (non-hydrogen) atoms. The molecule has 2 aromatic carbocycles. The minimum absolute atomic E-state index is 0.0444. The molecule has 162 valence electrons.